The van der Waals surface area contributed by atoms with Gasteiger partial charge in [-0.1, -0.05) is 18.0 Å². The van der Waals surface area contributed by atoms with Crippen LogP contribution >= 0.6 is 11.6 Å². The molecule has 0 spiro atoms. The smallest absolute Gasteiger partial charge is 0.126 e. The van der Waals surface area contributed by atoms with Gasteiger partial charge in [0.1, 0.15) is 5.82 Å². The largest absolute Gasteiger partial charge is 0.396 e. The lowest BCUT2D eigenvalue weighted by molar-refractivity contribution is 0.111. The zero-order chi connectivity index (χ0) is 13.7. The molecule has 1 aliphatic rings. The second kappa shape index (κ2) is 7.08. The summed E-state index contributed by atoms with van der Waals surface area (Å²) in [6.45, 7) is 2.07. The number of aliphatic hydroxyl groups is 1. The van der Waals surface area contributed by atoms with Gasteiger partial charge in [-0.3, -0.25) is 4.90 Å². The van der Waals surface area contributed by atoms with Crippen molar-refractivity contribution >= 4 is 17.4 Å². The number of aliphatic hydroxyl groups excluding tert-OH is 1. The molecule has 0 aliphatic carbocycles. The van der Waals surface area contributed by atoms with Crippen LogP contribution in [-0.2, 0) is 6.54 Å². The molecule has 106 valence electrons. The zero-order valence-corrected chi connectivity index (χ0v) is 12.2. The van der Waals surface area contributed by atoms with E-state index in [4.69, 9.17) is 16.7 Å². The average Bonchev–Trinajstić information content (AvgIpc) is 2.43. The molecule has 1 aromatic heterocycles. The molecule has 2 heterocycles. The van der Waals surface area contributed by atoms with Gasteiger partial charge in [0.05, 0.1) is 10.7 Å². The summed E-state index contributed by atoms with van der Waals surface area (Å²) in [4.78, 5) is 6.93. The Balaban J connectivity index is 2.09. The molecule has 2 N–H and O–H groups in total. The van der Waals surface area contributed by atoms with Crippen LogP contribution in [0.4, 0.5) is 5.82 Å². The highest BCUT2D eigenvalue weighted by Gasteiger charge is 2.23. The van der Waals surface area contributed by atoms with Crippen LogP contribution in [0.15, 0.2) is 12.1 Å². The first-order valence-electron chi connectivity index (χ1n) is 6.92. The topological polar surface area (TPSA) is 48.4 Å². The summed E-state index contributed by atoms with van der Waals surface area (Å²) in [5.41, 5.74) is 0.915. The lowest BCUT2D eigenvalue weighted by atomic mass is 9.99. The van der Waals surface area contributed by atoms with Crippen molar-refractivity contribution in [2.24, 2.45) is 0 Å². The fourth-order valence-corrected chi connectivity index (χ4v) is 2.84. The number of hydrogen-bond acceptors (Lipinski definition) is 4. The van der Waals surface area contributed by atoms with E-state index in [0.29, 0.717) is 11.1 Å². The molecule has 0 saturated carbocycles. The molecule has 1 aromatic rings. The van der Waals surface area contributed by atoms with Gasteiger partial charge in [0.2, 0.25) is 0 Å². The van der Waals surface area contributed by atoms with E-state index in [1.54, 1.807) is 0 Å². The minimum atomic E-state index is 0.249. The summed E-state index contributed by atoms with van der Waals surface area (Å²) in [6, 6.07) is 4.23. The van der Waals surface area contributed by atoms with E-state index >= 15 is 0 Å². The quantitative estimate of drug-likeness (QED) is 0.872. The first-order chi connectivity index (χ1) is 9.24. The van der Waals surface area contributed by atoms with E-state index in [0.717, 1.165) is 37.4 Å². The number of rotatable bonds is 5. The third kappa shape index (κ3) is 3.81. The lowest BCUT2D eigenvalue weighted by Gasteiger charge is -2.35. The van der Waals surface area contributed by atoms with E-state index in [9.17, 15) is 0 Å². The number of likely N-dealkylation sites (tertiary alicyclic amines) is 1. The molecular formula is C14H22ClN3O. The van der Waals surface area contributed by atoms with E-state index in [1.807, 2.05) is 19.2 Å². The van der Waals surface area contributed by atoms with Crippen LogP contribution in [0.1, 0.15) is 31.4 Å². The highest BCUT2D eigenvalue weighted by molar-refractivity contribution is 6.31. The molecule has 1 unspecified atom stereocenters. The molecule has 5 heteroatoms. The lowest BCUT2D eigenvalue weighted by Crippen LogP contribution is -2.39. The molecule has 1 saturated heterocycles. The number of piperidine rings is 1. The third-order valence-electron chi connectivity index (χ3n) is 3.74. The molecular weight excluding hydrogens is 262 g/mol. The molecule has 2 rings (SSSR count). The van der Waals surface area contributed by atoms with Crippen molar-refractivity contribution in [1.82, 2.24) is 9.88 Å². The van der Waals surface area contributed by atoms with Gasteiger partial charge in [0.15, 0.2) is 0 Å². The molecule has 4 nitrogen and oxygen atoms in total. The van der Waals surface area contributed by atoms with Crippen LogP contribution in [-0.4, -0.2) is 41.2 Å². The summed E-state index contributed by atoms with van der Waals surface area (Å²) in [5, 5.41) is 12.9. The van der Waals surface area contributed by atoms with Crippen LogP contribution in [0.2, 0.25) is 5.02 Å². The fourth-order valence-electron chi connectivity index (χ4n) is 2.67. The highest BCUT2D eigenvalue weighted by atomic mass is 35.5. The maximum Gasteiger partial charge on any atom is 0.126 e. The predicted molar refractivity (Wildman–Crippen MR) is 78.5 cm³/mol. The van der Waals surface area contributed by atoms with Crippen LogP contribution in [0.3, 0.4) is 0 Å². The normalized spacial score (nSPS) is 20.5. The van der Waals surface area contributed by atoms with Crippen molar-refractivity contribution in [3.63, 3.8) is 0 Å². The average molecular weight is 284 g/mol. The van der Waals surface area contributed by atoms with Crippen molar-refractivity contribution in [3.8, 4) is 0 Å². The fraction of sp³-hybridized carbons (Fsp3) is 0.643. The van der Waals surface area contributed by atoms with Gasteiger partial charge in [0.25, 0.3) is 0 Å². The second-order valence-corrected chi connectivity index (χ2v) is 5.41. The number of pyridine rings is 1. The molecule has 0 amide bonds. The molecule has 0 aromatic carbocycles. The summed E-state index contributed by atoms with van der Waals surface area (Å²) in [5.74, 6) is 0.843. The van der Waals surface area contributed by atoms with Crippen molar-refractivity contribution in [3.05, 3.63) is 22.8 Å². The minimum Gasteiger partial charge on any atom is -0.396 e. The van der Waals surface area contributed by atoms with E-state index in [1.165, 1.54) is 12.8 Å². The predicted octanol–water partition coefficient (Wildman–Crippen LogP) is 2.51. The number of nitrogens with zero attached hydrogens (tertiary/aromatic N) is 2. The monoisotopic (exact) mass is 283 g/mol. The highest BCUT2D eigenvalue weighted by Crippen LogP contribution is 2.24. The Labute approximate surface area is 119 Å². The summed E-state index contributed by atoms with van der Waals surface area (Å²) in [6.07, 6.45) is 4.46. The molecule has 1 fully saturated rings. The standard InChI is InChI=1S/C14H22ClN3O/c1-16-14-6-5-12(15)13(17-14)10-18-8-3-2-4-11(18)7-9-19/h5-6,11,19H,2-4,7-10H2,1H3,(H,16,17). The molecule has 1 atom stereocenters. The van der Waals surface area contributed by atoms with E-state index < -0.39 is 0 Å². The van der Waals surface area contributed by atoms with E-state index in [2.05, 4.69) is 15.2 Å². The number of hydrogen-bond donors (Lipinski definition) is 2. The Bertz CT molecular complexity index is 412. The van der Waals surface area contributed by atoms with Crippen molar-refractivity contribution in [1.29, 1.82) is 0 Å². The van der Waals surface area contributed by atoms with Crippen LogP contribution in [0, 0.1) is 0 Å². The number of halogens is 1. The first kappa shape index (κ1) is 14.6. The zero-order valence-electron chi connectivity index (χ0n) is 11.4. The second-order valence-electron chi connectivity index (χ2n) is 5.01. The van der Waals surface area contributed by atoms with Crippen LogP contribution in [0.5, 0.6) is 0 Å². The maximum absolute atomic E-state index is 9.16. The SMILES string of the molecule is CNc1ccc(Cl)c(CN2CCCCC2CCO)n1. The van der Waals surface area contributed by atoms with Crippen molar-refractivity contribution in [2.45, 2.75) is 38.3 Å². The summed E-state index contributed by atoms with van der Waals surface area (Å²) >= 11 is 6.23. The summed E-state index contributed by atoms with van der Waals surface area (Å²) in [7, 11) is 1.86. The first-order valence-corrected chi connectivity index (χ1v) is 7.30. The summed E-state index contributed by atoms with van der Waals surface area (Å²) < 4.78 is 0. The van der Waals surface area contributed by atoms with Gasteiger partial charge in [0, 0.05) is 26.2 Å². The van der Waals surface area contributed by atoms with Gasteiger partial charge in [-0.25, -0.2) is 4.98 Å². The number of anilines is 1. The van der Waals surface area contributed by atoms with Crippen LogP contribution in [0.25, 0.3) is 0 Å². The molecule has 0 bridgehead atoms. The van der Waals surface area contributed by atoms with Gasteiger partial charge < -0.3 is 10.4 Å². The number of nitrogens with one attached hydrogen (secondary N) is 1. The van der Waals surface area contributed by atoms with E-state index in [-0.39, 0.29) is 6.61 Å². The van der Waals surface area contributed by atoms with Crippen molar-refractivity contribution < 1.29 is 5.11 Å². The Kier molecular flexibility index (Phi) is 5.43. The molecule has 1 aliphatic heterocycles. The molecule has 0 radical (unpaired) electrons. The van der Waals surface area contributed by atoms with Gasteiger partial charge >= 0.3 is 0 Å². The maximum atomic E-state index is 9.16. The number of aromatic nitrogens is 1. The molecule has 19 heavy (non-hydrogen) atoms. The van der Waals surface area contributed by atoms with Crippen LogP contribution < -0.4 is 5.32 Å². The Morgan fingerprint density at radius 3 is 3.05 bits per heavy atom. The Morgan fingerprint density at radius 1 is 1.47 bits per heavy atom. The van der Waals surface area contributed by atoms with Gasteiger partial charge in [-0.15, -0.1) is 0 Å². The van der Waals surface area contributed by atoms with Gasteiger partial charge in [-0.2, -0.15) is 0 Å². The third-order valence-corrected chi connectivity index (χ3v) is 4.08. The van der Waals surface area contributed by atoms with Crippen molar-refractivity contribution in [2.75, 3.05) is 25.5 Å². The Hall–Kier alpha value is -0.840. The Morgan fingerprint density at radius 2 is 2.32 bits per heavy atom. The minimum absolute atomic E-state index is 0.249. The van der Waals surface area contributed by atoms with Gasteiger partial charge in [-0.05, 0) is 37.9 Å².